The van der Waals surface area contributed by atoms with Crippen molar-refractivity contribution in [3.8, 4) is 23.0 Å². The number of aromatic hydroxyl groups is 2. The first-order chi connectivity index (χ1) is 25.7. The third-order valence-corrected chi connectivity index (χ3v) is 9.51. The van der Waals surface area contributed by atoms with Crippen molar-refractivity contribution in [2.75, 3.05) is 7.11 Å². The number of para-hydroxylation sites is 3. The summed E-state index contributed by atoms with van der Waals surface area (Å²) in [7, 11) is 1.70. The van der Waals surface area contributed by atoms with Gasteiger partial charge in [0.1, 0.15) is 40.0 Å². The van der Waals surface area contributed by atoms with E-state index in [4.69, 9.17) is 4.74 Å². The summed E-state index contributed by atoms with van der Waals surface area (Å²) >= 11 is 0. The van der Waals surface area contributed by atoms with Gasteiger partial charge in [-0.3, -0.25) is 0 Å². The number of benzene rings is 7. The van der Waals surface area contributed by atoms with Crippen molar-refractivity contribution in [1.82, 2.24) is 4.48 Å². The van der Waals surface area contributed by atoms with Crippen LogP contribution in [0.5, 0.6) is 23.0 Å². The zero-order valence-corrected chi connectivity index (χ0v) is 30.7. The van der Waals surface area contributed by atoms with Crippen molar-refractivity contribution in [2.45, 2.75) is 33.6 Å². The third kappa shape index (κ3) is 8.12. The summed E-state index contributed by atoms with van der Waals surface area (Å²) < 4.78 is 5.90. The van der Waals surface area contributed by atoms with Crippen LogP contribution in [0.4, 0.5) is 22.7 Å². The summed E-state index contributed by atoms with van der Waals surface area (Å²) in [6.45, 7) is 5.88. The molecule has 0 radical (unpaired) electrons. The van der Waals surface area contributed by atoms with Gasteiger partial charge in [0.25, 0.3) is 0 Å². The maximum Gasteiger partial charge on any atom is 0.148 e. The smallest absolute Gasteiger partial charge is 0.148 e. The topological polar surface area (TPSA) is 72.8 Å². The first-order valence-electron chi connectivity index (χ1n) is 17.8. The van der Waals surface area contributed by atoms with Crippen LogP contribution in [-0.4, -0.2) is 17.3 Å². The van der Waals surface area contributed by atoms with Gasteiger partial charge < -0.3 is 20.1 Å². The molecule has 0 aromatic heterocycles. The highest BCUT2D eigenvalue weighted by molar-refractivity contribution is 5.81. The van der Waals surface area contributed by atoms with Crippen LogP contribution in [0.3, 0.4) is 0 Å². The Hall–Kier alpha value is -6.30. The molecule has 2 N–H and O–H groups in total. The van der Waals surface area contributed by atoms with Gasteiger partial charge in [-0.1, -0.05) is 119 Å². The molecule has 53 heavy (non-hydrogen) atoms. The number of phenols is 2. The highest BCUT2D eigenvalue weighted by Crippen LogP contribution is 2.51. The molecule has 0 unspecified atom stereocenters. The van der Waals surface area contributed by atoms with E-state index in [0.717, 1.165) is 39.3 Å². The first kappa shape index (κ1) is 36.5. The minimum Gasteiger partial charge on any atom is -0.872 e. The fourth-order valence-electron chi connectivity index (χ4n) is 6.97. The molecule has 0 atom stereocenters. The second-order valence-electron chi connectivity index (χ2n) is 13.4. The molecule has 0 saturated heterocycles. The van der Waals surface area contributed by atoms with Crippen LogP contribution in [0, 0.1) is 20.8 Å². The second-order valence-corrected chi connectivity index (χ2v) is 13.4. The fraction of sp³-hybridized carbons (Fsp3) is 0.125. The monoisotopic (exact) mass is 699 g/mol. The van der Waals surface area contributed by atoms with E-state index in [-0.39, 0.29) is 17.2 Å². The van der Waals surface area contributed by atoms with Crippen molar-refractivity contribution >= 4 is 22.7 Å². The molecule has 0 aliphatic carbocycles. The van der Waals surface area contributed by atoms with Gasteiger partial charge in [-0.2, -0.15) is 4.48 Å². The first-order valence-corrected chi connectivity index (χ1v) is 17.8. The van der Waals surface area contributed by atoms with Gasteiger partial charge in [0, 0.05) is 61.4 Å². The molecular formula is C48H45NO4. The van der Waals surface area contributed by atoms with E-state index in [1.165, 1.54) is 17.1 Å². The van der Waals surface area contributed by atoms with Gasteiger partial charge in [-0.05, 0) is 56.2 Å². The summed E-state index contributed by atoms with van der Waals surface area (Å²) in [4.78, 5) is 0. The largest absolute Gasteiger partial charge is 0.872 e. The number of methoxy groups -OCH3 is 1. The van der Waals surface area contributed by atoms with E-state index in [0.29, 0.717) is 28.5 Å². The highest BCUT2D eigenvalue weighted by atomic mass is 16.5. The van der Waals surface area contributed by atoms with Crippen LogP contribution in [0.15, 0.2) is 164 Å². The molecule has 0 aliphatic heterocycles. The lowest BCUT2D eigenvalue weighted by Gasteiger charge is -2.37. The molecule has 0 bridgehead atoms. The molecule has 0 fully saturated rings. The van der Waals surface area contributed by atoms with Gasteiger partial charge in [-0.25, -0.2) is 0 Å². The zero-order valence-electron chi connectivity index (χ0n) is 30.7. The number of hydrogen-bond acceptors (Lipinski definition) is 4. The Bertz CT molecular complexity index is 2100. The Morgan fingerprint density at radius 1 is 0.453 bits per heavy atom. The lowest BCUT2D eigenvalue weighted by molar-refractivity contribution is -0.270. The summed E-state index contributed by atoms with van der Waals surface area (Å²) in [6.07, 6.45) is 0.779. The Balaban J connectivity index is 0.000000182. The molecule has 7 aromatic carbocycles. The molecule has 0 saturated carbocycles. The summed E-state index contributed by atoms with van der Waals surface area (Å²) in [6, 6.07) is 54.8. The van der Waals surface area contributed by atoms with Gasteiger partial charge in [0.2, 0.25) is 0 Å². The molecule has 7 aromatic rings. The minimum atomic E-state index is -0.0302. The standard InChI is InChI=1S/C25H22NO.C23H24O3/c1-27-25-19-17-24(18-20-25)26(21-11-5-2-6-12-21,22-13-7-3-8-14-22)23-15-9-4-10-16-23;1-14-4-6-21(24)17(8-14)12-19-10-16(3)11-20(23(19)26)13-18-9-15(2)5-7-22(18)25/h2-20H,1H3;4-11,24-26H,12-13H2,1-3H3/q+1;/p-1. The van der Waals surface area contributed by atoms with E-state index in [2.05, 4.69) is 103 Å². The Kier molecular flexibility index (Phi) is 11.3. The van der Waals surface area contributed by atoms with Crippen LogP contribution >= 0.6 is 0 Å². The van der Waals surface area contributed by atoms with Gasteiger partial charge >= 0.3 is 0 Å². The summed E-state index contributed by atoms with van der Waals surface area (Å²) in [5, 5.41) is 33.1. The fourth-order valence-corrected chi connectivity index (χ4v) is 6.97. The minimum absolute atomic E-state index is 0.0302. The predicted octanol–water partition coefficient (Wildman–Crippen LogP) is 11.3. The molecule has 5 nitrogen and oxygen atoms in total. The molecule has 0 amide bonds. The quantitative estimate of drug-likeness (QED) is 0.147. The van der Waals surface area contributed by atoms with Gasteiger partial charge in [-0.15, -0.1) is 5.75 Å². The third-order valence-electron chi connectivity index (χ3n) is 9.51. The predicted molar refractivity (Wildman–Crippen MR) is 215 cm³/mol. The van der Waals surface area contributed by atoms with E-state index >= 15 is 0 Å². The van der Waals surface area contributed by atoms with Crippen molar-refractivity contribution in [3.63, 3.8) is 0 Å². The van der Waals surface area contributed by atoms with Crippen molar-refractivity contribution in [2.24, 2.45) is 0 Å². The molecule has 0 spiro atoms. The maximum atomic E-state index is 13.0. The van der Waals surface area contributed by atoms with E-state index < -0.39 is 0 Å². The van der Waals surface area contributed by atoms with Crippen LogP contribution in [0.2, 0.25) is 0 Å². The van der Waals surface area contributed by atoms with Crippen LogP contribution < -0.4 is 14.3 Å². The normalized spacial score (nSPS) is 11.0. The van der Waals surface area contributed by atoms with Crippen molar-refractivity contribution < 1.29 is 20.1 Å². The zero-order chi connectivity index (χ0) is 37.4. The van der Waals surface area contributed by atoms with Gasteiger partial charge in [0.15, 0.2) is 0 Å². The molecule has 0 aliphatic rings. The number of phenolic OH excluding ortho intramolecular Hbond substituents is 2. The van der Waals surface area contributed by atoms with Crippen LogP contribution in [-0.2, 0) is 12.8 Å². The number of hydrogen-bond donors (Lipinski definition) is 2. The lowest BCUT2D eigenvalue weighted by atomic mass is 9.94. The van der Waals surface area contributed by atoms with Crippen LogP contribution in [0.1, 0.15) is 38.9 Å². The number of ether oxygens (including phenoxy) is 1. The highest BCUT2D eigenvalue weighted by Gasteiger charge is 2.38. The van der Waals surface area contributed by atoms with E-state index in [9.17, 15) is 15.3 Å². The Morgan fingerprint density at radius 2 is 0.811 bits per heavy atom. The number of nitrogens with zero attached hydrogens (tertiary/aromatic N) is 1. The molecule has 0 heterocycles. The lowest BCUT2D eigenvalue weighted by Crippen LogP contribution is -2.33. The average Bonchev–Trinajstić information content (AvgIpc) is 3.18. The van der Waals surface area contributed by atoms with Crippen LogP contribution in [0.25, 0.3) is 0 Å². The Morgan fingerprint density at radius 3 is 1.19 bits per heavy atom. The Labute approximate surface area is 312 Å². The van der Waals surface area contributed by atoms with E-state index in [1.54, 1.807) is 19.2 Å². The molecule has 5 heteroatoms. The number of rotatable bonds is 9. The summed E-state index contributed by atoms with van der Waals surface area (Å²) in [5.74, 6) is 1.23. The summed E-state index contributed by atoms with van der Waals surface area (Å²) in [5.41, 5.74) is 10.6. The molecule has 7 rings (SSSR count). The SMILES string of the molecule is COc1ccc([N+](c2ccccc2)(c2ccccc2)c2ccccc2)cc1.Cc1ccc(O)c(Cc2cc(C)cc(Cc3cc(C)ccc3O)c2[O-])c1. The van der Waals surface area contributed by atoms with Crippen molar-refractivity contribution in [3.05, 3.63) is 203 Å². The van der Waals surface area contributed by atoms with E-state index in [1.807, 2.05) is 69.3 Å². The second kappa shape index (κ2) is 16.4. The number of aryl methyl sites for hydroxylation is 3. The number of quaternary nitrogens is 1. The van der Waals surface area contributed by atoms with Gasteiger partial charge in [0.05, 0.1) is 7.11 Å². The molecular weight excluding hydrogens is 655 g/mol. The molecule has 266 valence electrons. The van der Waals surface area contributed by atoms with Crippen molar-refractivity contribution in [1.29, 1.82) is 0 Å². The average molecular weight is 700 g/mol. The maximum absolute atomic E-state index is 13.0.